The maximum absolute atomic E-state index is 6.66. The lowest BCUT2D eigenvalue weighted by Crippen LogP contribution is -2.25. The summed E-state index contributed by atoms with van der Waals surface area (Å²) in [6.07, 6.45) is 1.92. The SMILES string of the molecule is Cc1cc(C(C)(C)C)cc(C)c1N1CN(c2cccc(Oc3ccc4c5ccccc5n(-c5cc(C(C)(C)C)ccn5)c4c3)c2)c2ccccc21. The number of anilines is 4. The van der Waals surface area contributed by atoms with Gasteiger partial charge in [-0.2, -0.15) is 0 Å². The van der Waals surface area contributed by atoms with Crippen molar-refractivity contribution in [3.63, 3.8) is 0 Å². The van der Waals surface area contributed by atoms with Crippen molar-refractivity contribution >= 4 is 44.6 Å². The van der Waals surface area contributed by atoms with Crippen LogP contribution in [0.25, 0.3) is 27.6 Å². The number of pyridine rings is 1. The number of fused-ring (bicyclic) bond motifs is 4. The summed E-state index contributed by atoms with van der Waals surface area (Å²) in [5.74, 6) is 2.48. The lowest BCUT2D eigenvalue weighted by molar-refractivity contribution is 0.483. The third-order valence-electron chi connectivity index (χ3n) is 10.2. The van der Waals surface area contributed by atoms with Crippen LogP contribution in [0.4, 0.5) is 22.7 Å². The number of aryl methyl sites for hydroxylation is 2. The molecule has 0 bridgehead atoms. The van der Waals surface area contributed by atoms with Crippen LogP contribution in [-0.4, -0.2) is 16.2 Å². The summed E-state index contributed by atoms with van der Waals surface area (Å²) in [7, 11) is 0. The fourth-order valence-electron chi connectivity index (χ4n) is 7.56. The minimum Gasteiger partial charge on any atom is -0.457 e. The summed E-state index contributed by atoms with van der Waals surface area (Å²) < 4.78 is 8.92. The first-order chi connectivity index (χ1) is 24.4. The zero-order chi connectivity index (χ0) is 35.7. The van der Waals surface area contributed by atoms with Crippen LogP contribution in [0, 0.1) is 13.8 Å². The van der Waals surface area contributed by atoms with E-state index in [9.17, 15) is 0 Å². The van der Waals surface area contributed by atoms with E-state index in [1.54, 1.807) is 0 Å². The number of hydrogen-bond acceptors (Lipinski definition) is 4. The van der Waals surface area contributed by atoms with Gasteiger partial charge < -0.3 is 14.5 Å². The van der Waals surface area contributed by atoms with E-state index in [-0.39, 0.29) is 10.8 Å². The van der Waals surface area contributed by atoms with E-state index < -0.39 is 0 Å². The molecule has 5 heteroatoms. The predicted octanol–water partition coefficient (Wildman–Crippen LogP) is 12.4. The van der Waals surface area contributed by atoms with Crippen molar-refractivity contribution in [2.45, 2.75) is 66.2 Å². The van der Waals surface area contributed by atoms with Crippen molar-refractivity contribution in [2.24, 2.45) is 0 Å². The van der Waals surface area contributed by atoms with Crippen LogP contribution in [0.2, 0.25) is 0 Å². The Balaban J connectivity index is 1.15. The predicted molar refractivity (Wildman–Crippen MR) is 214 cm³/mol. The van der Waals surface area contributed by atoms with Crippen molar-refractivity contribution in [1.82, 2.24) is 9.55 Å². The molecule has 256 valence electrons. The molecule has 0 atom stereocenters. The van der Waals surface area contributed by atoms with Gasteiger partial charge in [0, 0.05) is 40.5 Å². The van der Waals surface area contributed by atoms with Crippen LogP contribution >= 0.6 is 0 Å². The highest BCUT2D eigenvalue weighted by Crippen LogP contribution is 2.47. The molecule has 1 aliphatic heterocycles. The maximum atomic E-state index is 6.66. The minimum atomic E-state index is 0.0111. The summed E-state index contributed by atoms with van der Waals surface area (Å²) in [5.41, 5.74) is 12.3. The highest BCUT2D eigenvalue weighted by atomic mass is 16.5. The molecule has 0 amide bonds. The standard InChI is InChI=1S/C46H46N4O/c1-30-24-33(46(6,7)8)25-31(2)44(30)49-29-48(40-18-11-12-19-41(40)49)34-14-13-15-35(27-34)51-36-20-21-38-37-16-9-10-17-39(37)50(42(38)28-36)43-26-32(22-23-47-43)45(3,4)5/h9-28H,29H2,1-8H3. The number of aromatic nitrogens is 2. The molecule has 7 aromatic rings. The van der Waals surface area contributed by atoms with Gasteiger partial charge in [-0.1, -0.05) is 90.1 Å². The Labute approximate surface area is 301 Å². The number of nitrogens with zero attached hydrogens (tertiary/aromatic N) is 4. The van der Waals surface area contributed by atoms with Crippen LogP contribution in [0.3, 0.4) is 0 Å². The molecule has 3 heterocycles. The van der Waals surface area contributed by atoms with Gasteiger partial charge in [0.15, 0.2) is 0 Å². The molecule has 0 N–H and O–H groups in total. The van der Waals surface area contributed by atoms with Crippen molar-refractivity contribution in [2.75, 3.05) is 16.5 Å². The normalized spacial score (nSPS) is 13.3. The van der Waals surface area contributed by atoms with Gasteiger partial charge in [-0.05, 0) is 102 Å². The van der Waals surface area contributed by atoms with Crippen LogP contribution in [0.5, 0.6) is 11.5 Å². The quantitative estimate of drug-likeness (QED) is 0.182. The smallest absolute Gasteiger partial charge is 0.137 e. The number of hydrogen-bond donors (Lipinski definition) is 0. The van der Waals surface area contributed by atoms with Gasteiger partial charge in [-0.25, -0.2) is 4.98 Å². The van der Waals surface area contributed by atoms with E-state index in [1.807, 2.05) is 12.3 Å². The second kappa shape index (κ2) is 12.1. The molecular formula is C46H46N4O. The average Bonchev–Trinajstić information content (AvgIpc) is 3.63. The molecule has 8 rings (SSSR count). The molecule has 1 aliphatic rings. The second-order valence-electron chi connectivity index (χ2n) is 16.0. The third kappa shape index (κ3) is 5.81. The second-order valence-corrected chi connectivity index (χ2v) is 16.0. The van der Waals surface area contributed by atoms with E-state index in [0.717, 1.165) is 34.0 Å². The Morgan fingerprint density at radius 3 is 1.94 bits per heavy atom. The zero-order valence-corrected chi connectivity index (χ0v) is 31.0. The topological polar surface area (TPSA) is 33.5 Å². The molecule has 0 spiro atoms. The van der Waals surface area contributed by atoms with Gasteiger partial charge in [0.1, 0.15) is 24.0 Å². The summed E-state index contributed by atoms with van der Waals surface area (Å²) in [5, 5.41) is 2.37. The van der Waals surface area contributed by atoms with Crippen molar-refractivity contribution < 1.29 is 4.74 Å². The van der Waals surface area contributed by atoms with Crippen LogP contribution < -0.4 is 14.5 Å². The first-order valence-electron chi connectivity index (χ1n) is 17.9. The lowest BCUT2D eigenvalue weighted by atomic mass is 9.84. The van der Waals surface area contributed by atoms with Gasteiger partial charge in [-0.3, -0.25) is 4.57 Å². The highest BCUT2D eigenvalue weighted by molar-refractivity contribution is 6.09. The fraction of sp³-hybridized carbons (Fsp3) is 0.239. The zero-order valence-electron chi connectivity index (χ0n) is 31.0. The van der Waals surface area contributed by atoms with Crippen molar-refractivity contribution in [1.29, 1.82) is 0 Å². The molecule has 5 aromatic carbocycles. The third-order valence-corrected chi connectivity index (χ3v) is 10.2. The molecule has 5 nitrogen and oxygen atoms in total. The van der Waals surface area contributed by atoms with Crippen LogP contribution in [0.1, 0.15) is 63.8 Å². The van der Waals surface area contributed by atoms with E-state index in [0.29, 0.717) is 6.67 Å². The number of para-hydroxylation sites is 3. The molecule has 0 radical (unpaired) electrons. The van der Waals surface area contributed by atoms with Crippen LogP contribution in [0.15, 0.2) is 121 Å². The van der Waals surface area contributed by atoms with Gasteiger partial charge in [0.2, 0.25) is 0 Å². The highest BCUT2D eigenvalue weighted by Gasteiger charge is 2.30. The number of ether oxygens (including phenoxy) is 1. The molecule has 0 unspecified atom stereocenters. The molecular weight excluding hydrogens is 625 g/mol. The van der Waals surface area contributed by atoms with Gasteiger partial charge >= 0.3 is 0 Å². The number of rotatable bonds is 5. The van der Waals surface area contributed by atoms with Crippen LogP contribution in [-0.2, 0) is 10.8 Å². The van der Waals surface area contributed by atoms with E-state index >= 15 is 0 Å². The molecule has 51 heavy (non-hydrogen) atoms. The summed E-state index contributed by atoms with van der Waals surface area (Å²) in [4.78, 5) is 9.69. The van der Waals surface area contributed by atoms with E-state index in [1.165, 1.54) is 50.1 Å². The molecule has 0 saturated heterocycles. The van der Waals surface area contributed by atoms with Gasteiger partial charge in [0.05, 0.1) is 22.4 Å². The molecule has 0 saturated carbocycles. The van der Waals surface area contributed by atoms with Gasteiger partial charge in [0.25, 0.3) is 0 Å². The first-order valence-corrected chi connectivity index (χ1v) is 17.9. The summed E-state index contributed by atoms with van der Waals surface area (Å²) in [6.45, 7) is 18.8. The fourth-order valence-corrected chi connectivity index (χ4v) is 7.56. The Morgan fingerprint density at radius 2 is 1.22 bits per heavy atom. The summed E-state index contributed by atoms with van der Waals surface area (Å²) in [6, 6.07) is 41.1. The van der Waals surface area contributed by atoms with E-state index in [4.69, 9.17) is 9.72 Å². The lowest BCUT2D eigenvalue weighted by Gasteiger charge is -2.28. The minimum absolute atomic E-state index is 0.0111. The van der Waals surface area contributed by atoms with E-state index in [2.05, 4.69) is 179 Å². The maximum Gasteiger partial charge on any atom is 0.137 e. The molecule has 2 aromatic heterocycles. The van der Waals surface area contributed by atoms with Crippen molar-refractivity contribution in [3.8, 4) is 17.3 Å². The first kappa shape index (κ1) is 32.6. The monoisotopic (exact) mass is 670 g/mol. The Hall–Kier alpha value is -5.55. The molecule has 0 fully saturated rings. The van der Waals surface area contributed by atoms with Gasteiger partial charge in [-0.15, -0.1) is 0 Å². The number of benzene rings is 5. The Kier molecular flexibility index (Phi) is 7.71. The molecule has 0 aliphatic carbocycles. The Morgan fingerprint density at radius 1 is 0.569 bits per heavy atom. The van der Waals surface area contributed by atoms with Crippen molar-refractivity contribution in [3.05, 3.63) is 144 Å². The largest absolute Gasteiger partial charge is 0.457 e. The average molecular weight is 671 g/mol. The summed E-state index contributed by atoms with van der Waals surface area (Å²) >= 11 is 0. The Bertz CT molecular complexity index is 2420.